The largest absolute Gasteiger partial charge is 0.493 e. The van der Waals surface area contributed by atoms with E-state index in [2.05, 4.69) is 17.4 Å². The highest BCUT2D eigenvalue weighted by Crippen LogP contribution is 2.07. The van der Waals surface area contributed by atoms with Crippen LogP contribution in [0.15, 0.2) is 42.4 Å². The van der Waals surface area contributed by atoms with E-state index in [0.717, 1.165) is 12.8 Å². The number of esters is 1. The van der Waals surface area contributed by atoms with E-state index in [1.165, 1.54) is 11.8 Å². The van der Waals surface area contributed by atoms with Gasteiger partial charge in [-0.25, -0.2) is 4.79 Å². The van der Waals surface area contributed by atoms with Gasteiger partial charge in [-0.3, -0.25) is 4.79 Å². The molecule has 1 aromatic rings. The Labute approximate surface area is 135 Å². The summed E-state index contributed by atoms with van der Waals surface area (Å²) in [5.74, 6) is -1.05. The Morgan fingerprint density at radius 3 is 2.74 bits per heavy atom. The second-order valence-corrected chi connectivity index (χ2v) is 5.27. The Morgan fingerprint density at radius 1 is 1.26 bits per heavy atom. The highest BCUT2D eigenvalue weighted by molar-refractivity contribution is 5.88. The Hall–Kier alpha value is -2.50. The van der Waals surface area contributed by atoms with E-state index in [-0.39, 0.29) is 24.3 Å². The van der Waals surface area contributed by atoms with Gasteiger partial charge in [-0.05, 0) is 25.3 Å². The van der Waals surface area contributed by atoms with Gasteiger partial charge in [0.2, 0.25) is 5.76 Å². The molecule has 1 aliphatic heterocycles. The van der Waals surface area contributed by atoms with Crippen molar-refractivity contribution in [2.75, 3.05) is 19.8 Å². The molecule has 0 saturated carbocycles. The first-order valence-corrected chi connectivity index (χ1v) is 7.60. The number of ether oxygens (including phenoxy) is 3. The molecule has 0 fully saturated rings. The van der Waals surface area contributed by atoms with E-state index < -0.39 is 5.97 Å². The van der Waals surface area contributed by atoms with Gasteiger partial charge in [-0.1, -0.05) is 30.3 Å². The number of nitrogens with one attached hydrogen (secondary N) is 1. The molecule has 2 rings (SSSR count). The van der Waals surface area contributed by atoms with Crippen molar-refractivity contribution in [3.05, 3.63) is 47.9 Å². The minimum Gasteiger partial charge on any atom is -0.493 e. The number of aryl methyl sites for hydroxylation is 1. The second-order valence-electron chi connectivity index (χ2n) is 5.27. The molecule has 1 amide bonds. The quantitative estimate of drug-likeness (QED) is 0.772. The highest BCUT2D eigenvalue weighted by atomic mass is 16.6. The van der Waals surface area contributed by atoms with Crippen molar-refractivity contribution < 1.29 is 23.8 Å². The summed E-state index contributed by atoms with van der Waals surface area (Å²) in [6.45, 7) is 2.28. The van der Waals surface area contributed by atoms with Gasteiger partial charge in [-0.2, -0.15) is 0 Å². The van der Waals surface area contributed by atoms with E-state index in [9.17, 15) is 9.59 Å². The van der Waals surface area contributed by atoms with E-state index in [4.69, 9.17) is 14.2 Å². The predicted molar refractivity (Wildman–Crippen MR) is 83.3 cm³/mol. The van der Waals surface area contributed by atoms with Crippen molar-refractivity contribution >= 4 is 11.9 Å². The van der Waals surface area contributed by atoms with Crippen LogP contribution in [0.3, 0.4) is 0 Å². The Bertz CT molecular complexity index is 555. The van der Waals surface area contributed by atoms with Crippen LogP contribution in [0, 0.1) is 0 Å². The molecule has 0 aromatic heterocycles. The van der Waals surface area contributed by atoms with Crippen LogP contribution in [0.25, 0.3) is 0 Å². The SMILES string of the molecule is C[C@@H](CCc1ccccc1)NC(=O)COC(=O)C1=COCCO1. The number of benzene rings is 1. The monoisotopic (exact) mass is 319 g/mol. The first-order valence-electron chi connectivity index (χ1n) is 7.60. The van der Waals surface area contributed by atoms with Crippen LogP contribution >= 0.6 is 0 Å². The fraction of sp³-hybridized carbons (Fsp3) is 0.412. The zero-order chi connectivity index (χ0) is 16.5. The lowest BCUT2D eigenvalue weighted by Gasteiger charge is -2.16. The van der Waals surface area contributed by atoms with Crippen molar-refractivity contribution in [3.63, 3.8) is 0 Å². The summed E-state index contributed by atoms with van der Waals surface area (Å²) in [5.41, 5.74) is 1.22. The third kappa shape index (κ3) is 6.02. The number of rotatable bonds is 7. The van der Waals surface area contributed by atoms with Crippen molar-refractivity contribution in [1.82, 2.24) is 5.32 Å². The molecule has 0 saturated heterocycles. The lowest BCUT2D eigenvalue weighted by molar-refractivity contribution is -0.149. The molecule has 0 bridgehead atoms. The number of hydrogen-bond donors (Lipinski definition) is 1. The molecule has 0 unspecified atom stereocenters. The number of carbonyl (C=O) groups excluding carboxylic acids is 2. The van der Waals surface area contributed by atoms with Gasteiger partial charge >= 0.3 is 5.97 Å². The minimum absolute atomic E-state index is 0.00473. The molecular formula is C17H21NO5. The average molecular weight is 319 g/mol. The van der Waals surface area contributed by atoms with Crippen LogP contribution in [0.5, 0.6) is 0 Å². The Kier molecular flexibility index (Phi) is 6.47. The van der Waals surface area contributed by atoms with Gasteiger partial charge in [0.05, 0.1) is 0 Å². The second kappa shape index (κ2) is 8.82. The molecule has 23 heavy (non-hydrogen) atoms. The molecule has 0 radical (unpaired) electrons. The molecule has 1 aliphatic rings. The molecule has 6 heteroatoms. The van der Waals surface area contributed by atoms with Gasteiger partial charge in [-0.15, -0.1) is 0 Å². The fourth-order valence-electron chi connectivity index (χ4n) is 2.09. The zero-order valence-corrected chi connectivity index (χ0v) is 13.1. The first kappa shape index (κ1) is 16.9. The topological polar surface area (TPSA) is 73.9 Å². The van der Waals surface area contributed by atoms with Crippen molar-refractivity contribution in [1.29, 1.82) is 0 Å². The third-order valence-electron chi connectivity index (χ3n) is 3.30. The van der Waals surface area contributed by atoms with Crippen LogP contribution in [0.2, 0.25) is 0 Å². The lowest BCUT2D eigenvalue weighted by Crippen LogP contribution is -2.36. The molecule has 1 N–H and O–H groups in total. The molecule has 1 heterocycles. The van der Waals surface area contributed by atoms with Crippen molar-refractivity contribution in [3.8, 4) is 0 Å². The first-order chi connectivity index (χ1) is 11.1. The van der Waals surface area contributed by atoms with Crippen LogP contribution in [-0.4, -0.2) is 37.7 Å². The van der Waals surface area contributed by atoms with Crippen LogP contribution < -0.4 is 5.32 Å². The summed E-state index contributed by atoms with van der Waals surface area (Å²) < 4.78 is 14.9. The highest BCUT2D eigenvalue weighted by Gasteiger charge is 2.18. The fourth-order valence-corrected chi connectivity index (χ4v) is 2.09. The third-order valence-corrected chi connectivity index (χ3v) is 3.30. The summed E-state index contributed by atoms with van der Waals surface area (Å²) in [4.78, 5) is 23.4. The summed E-state index contributed by atoms with van der Waals surface area (Å²) >= 11 is 0. The van der Waals surface area contributed by atoms with E-state index in [1.807, 2.05) is 25.1 Å². The molecular weight excluding hydrogens is 298 g/mol. The smallest absolute Gasteiger partial charge is 0.377 e. The van der Waals surface area contributed by atoms with Crippen LogP contribution in [0.1, 0.15) is 18.9 Å². The van der Waals surface area contributed by atoms with Crippen LogP contribution in [0.4, 0.5) is 0 Å². The molecule has 1 aromatic carbocycles. The molecule has 0 aliphatic carbocycles. The Balaban J connectivity index is 1.65. The van der Waals surface area contributed by atoms with E-state index >= 15 is 0 Å². The minimum atomic E-state index is -0.697. The maximum Gasteiger partial charge on any atom is 0.377 e. The van der Waals surface area contributed by atoms with Crippen molar-refractivity contribution in [2.24, 2.45) is 0 Å². The van der Waals surface area contributed by atoms with Gasteiger partial charge in [0.25, 0.3) is 5.91 Å². The molecule has 1 atom stereocenters. The standard InChI is InChI=1S/C17H21NO5/c1-13(7-8-14-5-3-2-4-6-14)18-16(19)12-23-17(20)15-11-21-9-10-22-15/h2-6,11,13H,7-10,12H2,1H3,(H,18,19)/t13-/m0/s1. The summed E-state index contributed by atoms with van der Waals surface area (Å²) in [6.07, 6.45) is 2.89. The van der Waals surface area contributed by atoms with Crippen molar-refractivity contribution in [2.45, 2.75) is 25.8 Å². The predicted octanol–water partition coefficient (Wildman–Crippen LogP) is 1.56. The Morgan fingerprint density at radius 2 is 2.04 bits per heavy atom. The van der Waals surface area contributed by atoms with Gasteiger partial charge in [0, 0.05) is 6.04 Å². The average Bonchev–Trinajstić information content (AvgIpc) is 2.59. The maximum absolute atomic E-state index is 11.8. The van der Waals surface area contributed by atoms with Gasteiger partial charge in [0.1, 0.15) is 19.5 Å². The summed E-state index contributed by atoms with van der Waals surface area (Å²) in [5, 5.41) is 2.80. The van der Waals surface area contributed by atoms with E-state index in [1.54, 1.807) is 0 Å². The molecule has 124 valence electrons. The van der Waals surface area contributed by atoms with Crippen LogP contribution in [-0.2, 0) is 30.2 Å². The zero-order valence-electron chi connectivity index (χ0n) is 13.1. The molecule has 6 nitrogen and oxygen atoms in total. The number of carbonyl (C=O) groups is 2. The summed E-state index contributed by atoms with van der Waals surface area (Å²) in [7, 11) is 0. The van der Waals surface area contributed by atoms with Gasteiger partial charge in [0.15, 0.2) is 6.61 Å². The maximum atomic E-state index is 11.8. The van der Waals surface area contributed by atoms with Gasteiger partial charge < -0.3 is 19.5 Å². The summed E-state index contributed by atoms with van der Waals surface area (Å²) in [6, 6.07) is 10.1. The normalized spacial score (nSPS) is 14.7. The number of hydrogen-bond acceptors (Lipinski definition) is 5. The molecule has 0 spiro atoms. The number of amides is 1. The lowest BCUT2D eigenvalue weighted by atomic mass is 10.1. The van der Waals surface area contributed by atoms with E-state index in [0.29, 0.717) is 13.2 Å².